The highest BCUT2D eigenvalue weighted by Gasteiger charge is 2.21. The van der Waals surface area contributed by atoms with E-state index in [0.29, 0.717) is 47.8 Å². The highest BCUT2D eigenvalue weighted by Crippen LogP contribution is 2.24. The maximum atomic E-state index is 12.5. The molecule has 1 aliphatic heterocycles. The van der Waals surface area contributed by atoms with Crippen LogP contribution in [0.1, 0.15) is 39.0 Å². The van der Waals surface area contributed by atoms with E-state index in [1.54, 1.807) is 24.3 Å². The summed E-state index contributed by atoms with van der Waals surface area (Å²) < 4.78 is 10.8. The molecule has 108 valence electrons. The van der Waals surface area contributed by atoms with Crippen molar-refractivity contribution in [2.75, 3.05) is 13.2 Å². The van der Waals surface area contributed by atoms with Crippen molar-refractivity contribution in [2.24, 2.45) is 0 Å². The number of furan rings is 1. The molecule has 2 aromatic rings. The van der Waals surface area contributed by atoms with Crippen molar-refractivity contribution in [1.29, 1.82) is 0 Å². The molecule has 0 saturated heterocycles. The number of carbonyl (C=O) groups excluding carboxylic acids is 2. The summed E-state index contributed by atoms with van der Waals surface area (Å²) in [5, 5.41) is 2.73. The lowest BCUT2D eigenvalue weighted by Crippen LogP contribution is -2.24. The summed E-state index contributed by atoms with van der Waals surface area (Å²) in [5.41, 5.74) is 1.37. The van der Waals surface area contributed by atoms with Gasteiger partial charge < -0.3 is 14.5 Å². The second-order valence-corrected chi connectivity index (χ2v) is 4.76. The first-order valence-corrected chi connectivity index (χ1v) is 6.87. The maximum Gasteiger partial charge on any atom is 0.255 e. The summed E-state index contributed by atoms with van der Waals surface area (Å²) in [4.78, 5) is 24.5. The molecular weight excluding hydrogens is 270 g/mol. The van der Waals surface area contributed by atoms with Gasteiger partial charge in [0.25, 0.3) is 5.91 Å². The number of nitrogens with one attached hydrogen (secondary N) is 1. The van der Waals surface area contributed by atoms with Crippen molar-refractivity contribution in [1.82, 2.24) is 5.32 Å². The summed E-state index contributed by atoms with van der Waals surface area (Å²) >= 11 is 0. The number of benzene rings is 1. The molecule has 1 aliphatic rings. The molecule has 2 heterocycles. The van der Waals surface area contributed by atoms with Crippen LogP contribution in [0.3, 0.4) is 0 Å². The van der Waals surface area contributed by atoms with E-state index in [1.165, 1.54) is 6.26 Å². The van der Waals surface area contributed by atoms with Crippen LogP contribution >= 0.6 is 0 Å². The zero-order valence-corrected chi connectivity index (χ0v) is 11.6. The molecule has 1 aromatic carbocycles. The molecule has 0 radical (unpaired) electrons. The van der Waals surface area contributed by atoms with Gasteiger partial charge in [-0.15, -0.1) is 0 Å². The third-order valence-electron chi connectivity index (χ3n) is 3.44. The molecule has 0 bridgehead atoms. The Morgan fingerprint density at radius 1 is 1.33 bits per heavy atom. The van der Waals surface area contributed by atoms with E-state index >= 15 is 0 Å². The highest BCUT2D eigenvalue weighted by atomic mass is 16.5. The van der Waals surface area contributed by atoms with E-state index in [0.717, 1.165) is 0 Å². The minimum atomic E-state index is -0.222. The van der Waals surface area contributed by atoms with Crippen LogP contribution in [-0.2, 0) is 6.42 Å². The number of ether oxygens (including phenoxy) is 1. The molecule has 1 amide bonds. The molecule has 5 heteroatoms. The van der Waals surface area contributed by atoms with E-state index < -0.39 is 0 Å². The molecule has 0 atom stereocenters. The van der Waals surface area contributed by atoms with Gasteiger partial charge in [-0.3, -0.25) is 9.59 Å². The fraction of sp³-hybridized carbons (Fsp3) is 0.250. The number of rotatable bonds is 3. The number of hydrogen-bond acceptors (Lipinski definition) is 4. The van der Waals surface area contributed by atoms with Crippen LogP contribution in [0, 0.1) is 0 Å². The van der Waals surface area contributed by atoms with Crippen molar-refractivity contribution in [3.63, 3.8) is 0 Å². The Morgan fingerprint density at radius 3 is 3.00 bits per heavy atom. The number of amides is 1. The van der Waals surface area contributed by atoms with Crippen LogP contribution in [0.4, 0.5) is 0 Å². The lowest BCUT2D eigenvalue weighted by molar-refractivity contribution is 0.0957. The SMILES string of the molecule is CCc1occc1C(=O)c1ccc2c(c1)C(=O)NCCO2. The number of hydrogen-bond donors (Lipinski definition) is 1. The fourth-order valence-corrected chi connectivity index (χ4v) is 2.37. The quantitative estimate of drug-likeness (QED) is 0.878. The summed E-state index contributed by atoms with van der Waals surface area (Å²) in [6, 6.07) is 6.57. The van der Waals surface area contributed by atoms with E-state index in [4.69, 9.17) is 9.15 Å². The van der Waals surface area contributed by atoms with Gasteiger partial charge in [0.2, 0.25) is 0 Å². The van der Waals surface area contributed by atoms with Crippen LogP contribution in [0.5, 0.6) is 5.75 Å². The smallest absolute Gasteiger partial charge is 0.255 e. The minimum absolute atomic E-state index is 0.152. The first-order chi connectivity index (χ1) is 10.2. The Bertz CT molecular complexity index is 702. The molecule has 0 fully saturated rings. The molecule has 0 saturated carbocycles. The molecular formula is C16H15NO4. The monoisotopic (exact) mass is 285 g/mol. The van der Waals surface area contributed by atoms with Crippen molar-refractivity contribution in [3.8, 4) is 5.75 Å². The number of carbonyl (C=O) groups is 2. The van der Waals surface area contributed by atoms with Gasteiger partial charge in [0.05, 0.1) is 23.9 Å². The minimum Gasteiger partial charge on any atom is -0.491 e. The van der Waals surface area contributed by atoms with Gasteiger partial charge in [-0.05, 0) is 24.3 Å². The van der Waals surface area contributed by atoms with Gasteiger partial charge in [0.15, 0.2) is 5.78 Å². The number of aryl methyl sites for hydroxylation is 1. The Hall–Kier alpha value is -2.56. The molecule has 0 unspecified atom stereocenters. The molecule has 21 heavy (non-hydrogen) atoms. The first kappa shape index (κ1) is 13.4. The van der Waals surface area contributed by atoms with Gasteiger partial charge >= 0.3 is 0 Å². The second-order valence-electron chi connectivity index (χ2n) is 4.76. The lowest BCUT2D eigenvalue weighted by Gasteiger charge is -2.07. The van der Waals surface area contributed by atoms with E-state index in [9.17, 15) is 9.59 Å². The Labute approximate surface area is 121 Å². The Morgan fingerprint density at radius 2 is 2.19 bits per heavy atom. The molecule has 1 aromatic heterocycles. The van der Waals surface area contributed by atoms with Gasteiger partial charge in [-0.2, -0.15) is 0 Å². The van der Waals surface area contributed by atoms with Gasteiger partial charge in [0.1, 0.15) is 18.1 Å². The van der Waals surface area contributed by atoms with Crippen molar-refractivity contribution < 1.29 is 18.7 Å². The summed E-state index contributed by atoms with van der Waals surface area (Å²) in [7, 11) is 0. The predicted octanol–water partition coefficient (Wildman–Crippen LogP) is 2.20. The van der Waals surface area contributed by atoms with Crippen molar-refractivity contribution >= 4 is 11.7 Å². The third-order valence-corrected chi connectivity index (χ3v) is 3.44. The summed E-state index contributed by atoms with van der Waals surface area (Å²) in [6.45, 7) is 2.81. The molecule has 0 spiro atoms. The normalized spacial score (nSPS) is 13.9. The molecule has 5 nitrogen and oxygen atoms in total. The van der Waals surface area contributed by atoms with Crippen molar-refractivity contribution in [2.45, 2.75) is 13.3 Å². The van der Waals surface area contributed by atoms with Crippen LogP contribution in [0.15, 0.2) is 34.9 Å². The summed E-state index contributed by atoms with van der Waals surface area (Å²) in [5.74, 6) is 0.778. The molecule has 0 aliphatic carbocycles. The average Bonchev–Trinajstić information content (AvgIpc) is 2.91. The fourth-order valence-electron chi connectivity index (χ4n) is 2.37. The van der Waals surface area contributed by atoms with Crippen LogP contribution in [0.25, 0.3) is 0 Å². The van der Waals surface area contributed by atoms with Crippen LogP contribution in [0.2, 0.25) is 0 Å². The lowest BCUT2D eigenvalue weighted by atomic mass is 10.00. The maximum absolute atomic E-state index is 12.5. The summed E-state index contributed by atoms with van der Waals surface area (Å²) in [6.07, 6.45) is 2.15. The van der Waals surface area contributed by atoms with Gasteiger partial charge in [-0.1, -0.05) is 6.92 Å². The molecule has 3 rings (SSSR count). The van der Waals surface area contributed by atoms with Gasteiger partial charge in [-0.25, -0.2) is 0 Å². The third kappa shape index (κ3) is 2.42. The van der Waals surface area contributed by atoms with E-state index in [-0.39, 0.29) is 11.7 Å². The average molecular weight is 285 g/mol. The largest absolute Gasteiger partial charge is 0.491 e. The van der Waals surface area contributed by atoms with E-state index in [2.05, 4.69) is 5.32 Å². The zero-order valence-electron chi connectivity index (χ0n) is 11.6. The number of fused-ring (bicyclic) bond motifs is 1. The zero-order chi connectivity index (χ0) is 14.8. The number of ketones is 1. The molecule has 1 N–H and O–H groups in total. The second kappa shape index (κ2) is 5.44. The topological polar surface area (TPSA) is 68.5 Å². The van der Waals surface area contributed by atoms with E-state index in [1.807, 2.05) is 6.92 Å². The highest BCUT2D eigenvalue weighted by molar-refractivity contribution is 6.11. The Balaban J connectivity index is 2.00. The van der Waals surface area contributed by atoms with Crippen LogP contribution in [-0.4, -0.2) is 24.8 Å². The first-order valence-electron chi connectivity index (χ1n) is 6.87. The van der Waals surface area contributed by atoms with Crippen LogP contribution < -0.4 is 10.1 Å². The standard InChI is InChI=1S/C16H15NO4/c1-2-13-11(5-7-20-13)15(18)10-3-4-14-12(9-10)16(19)17-6-8-21-14/h3-5,7,9H,2,6,8H2,1H3,(H,17,19). The van der Waals surface area contributed by atoms with Crippen molar-refractivity contribution in [3.05, 3.63) is 53.0 Å². The predicted molar refractivity (Wildman–Crippen MR) is 75.8 cm³/mol. The van der Waals surface area contributed by atoms with Gasteiger partial charge in [0, 0.05) is 12.0 Å². The Kier molecular flexibility index (Phi) is 3.48.